The Kier molecular flexibility index (Phi) is 7.96. The first kappa shape index (κ1) is 25.0. The van der Waals surface area contributed by atoms with Gasteiger partial charge in [-0.1, -0.05) is 11.6 Å². The Morgan fingerprint density at radius 2 is 1.70 bits per heavy atom. The molecule has 1 heterocycles. The minimum absolute atomic E-state index is 0.0578. The van der Waals surface area contributed by atoms with E-state index in [1.807, 2.05) is 7.05 Å². The van der Waals surface area contributed by atoms with Crippen LogP contribution in [0.3, 0.4) is 0 Å². The fourth-order valence-corrected chi connectivity index (χ4v) is 4.98. The normalized spacial score (nSPS) is 15.7. The van der Waals surface area contributed by atoms with Crippen LogP contribution in [-0.4, -0.2) is 76.4 Å². The first-order chi connectivity index (χ1) is 15.6. The Bertz CT molecular complexity index is 1120. The fourth-order valence-electron chi connectivity index (χ4n) is 3.35. The number of hydrogen-bond donors (Lipinski definition) is 2. The molecule has 33 heavy (non-hydrogen) atoms. The van der Waals surface area contributed by atoms with E-state index in [0.717, 1.165) is 13.1 Å². The molecule has 0 saturated carbocycles. The van der Waals surface area contributed by atoms with Crippen LogP contribution in [0.15, 0.2) is 47.4 Å². The minimum Gasteiger partial charge on any atom is -0.495 e. The van der Waals surface area contributed by atoms with Gasteiger partial charge in [-0.05, 0) is 56.4 Å². The Morgan fingerprint density at radius 1 is 1.06 bits per heavy atom. The summed E-state index contributed by atoms with van der Waals surface area (Å²) in [5, 5.41) is 2.87. The lowest BCUT2D eigenvalue weighted by Gasteiger charge is -2.32. The lowest BCUT2D eigenvalue weighted by molar-refractivity contribution is -0.117. The van der Waals surface area contributed by atoms with Crippen molar-refractivity contribution >= 4 is 39.1 Å². The quantitative estimate of drug-likeness (QED) is 0.610. The van der Waals surface area contributed by atoms with Crippen LogP contribution in [0, 0.1) is 0 Å². The van der Waals surface area contributed by atoms with Gasteiger partial charge in [0, 0.05) is 42.5 Å². The van der Waals surface area contributed by atoms with Crippen LogP contribution >= 0.6 is 11.6 Å². The number of amides is 2. The minimum atomic E-state index is -4.07. The summed E-state index contributed by atoms with van der Waals surface area (Å²) in [6, 6.07) is 9.63. The summed E-state index contributed by atoms with van der Waals surface area (Å²) in [7, 11) is -0.707. The van der Waals surface area contributed by atoms with E-state index >= 15 is 0 Å². The predicted molar refractivity (Wildman–Crippen MR) is 126 cm³/mol. The summed E-state index contributed by atoms with van der Waals surface area (Å²) >= 11 is 5.92. The molecule has 1 aliphatic rings. The van der Waals surface area contributed by atoms with Crippen molar-refractivity contribution in [3.8, 4) is 5.75 Å². The molecule has 1 fully saturated rings. The number of sulfonamides is 1. The molecule has 11 heteroatoms. The Labute approximate surface area is 198 Å². The SMILES string of the molecule is COc1ccc(Cl)cc1S(=O)(=O)NC(C)C(=O)Nc1ccc(C(=O)N2CCN(C)CC2)cc1. The first-order valence-corrected chi connectivity index (χ1v) is 12.2. The molecular weight excluding hydrogens is 468 g/mol. The zero-order chi connectivity index (χ0) is 24.2. The van der Waals surface area contributed by atoms with Gasteiger partial charge in [0.05, 0.1) is 13.2 Å². The maximum absolute atomic E-state index is 12.7. The molecular formula is C22H27ClN4O5S. The number of hydrogen-bond acceptors (Lipinski definition) is 6. The molecule has 0 aliphatic carbocycles. The highest BCUT2D eigenvalue weighted by Gasteiger charge is 2.26. The number of benzene rings is 2. The van der Waals surface area contributed by atoms with Gasteiger partial charge in [0.1, 0.15) is 10.6 Å². The van der Waals surface area contributed by atoms with Gasteiger partial charge >= 0.3 is 0 Å². The number of rotatable bonds is 7. The van der Waals surface area contributed by atoms with Gasteiger partial charge in [-0.15, -0.1) is 0 Å². The number of likely N-dealkylation sites (N-methyl/N-ethyl adjacent to an activating group) is 1. The molecule has 0 radical (unpaired) electrons. The number of carbonyl (C=O) groups is 2. The third kappa shape index (κ3) is 6.23. The zero-order valence-corrected chi connectivity index (χ0v) is 20.2. The van der Waals surface area contributed by atoms with Gasteiger partial charge in [-0.3, -0.25) is 9.59 Å². The zero-order valence-electron chi connectivity index (χ0n) is 18.7. The first-order valence-electron chi connectivity index (χ1n) is 10.4. The van der Waals surface area contributed by atoms with E-state index in [2.05, 4.69) is 14.9 Å². The highest BCUT2D eigenvalue weighted by molar-refractivity contribution is 7.89. The van der Waals surface area contributed by atoms with E-state index in [0.29, 0.717) is 24.3 Å². The Hall–Kier alpha value is -2.66. The van der Waals surface area contributed by atoms with Crippen LogP contribution in [0.5, 0.6) is 5.75 Å². The third-order valence-electron chi connectivity index (χ3n) is 5.33. The van der Waals surface area contributed by atoms with Crippen molar-refractivity contribution in [3.63, 3.8) is 0 Å². The molecule has 0 bridgehead atoms. The summed E-state index contributed by atoms with van der Waals surface area (Å²) in [6.07, 6.45) is 0. The number of carbonyl (C=O) groups excluding carboxylic acids is 2. The molecule has 2 N–H and O–H groups in total. The fraction of sp³-hybridized carbons (Fsp3) is 0.364. The maximum atomic E-state index is 12.7. The number of nitrogens with one attached hydrogen (secondary N) is 2. The van der Waals surface area contributed by atoms with E-state index in [4.69, 9.17) is 16.3 Å². The number of piperazine rings is 1. The van der Waals surface area contributed by atoms with E-state index in [1.165, 1.54) is 32.2 Å². The molecule has 2 aromatic rings. The standard InChI is InChI=1S/C22H27ClN4O5S/c1-15(25-33(30,31)20-14-17(23)6-9-19(20)32-3)21(28)24-18-7-4-16(5-8-18)22(29)27-12-10-26(2)11-13-27/h4-9,14-15,25H,10-13H2,1-3H3,(H,24,28). The van der Waals surface area contributed by atoms with Gasteiger partial charge in [-0.25, -0.2) is 8.42 Å². The van der Waals surface area contributed by atoms with Crippen LogP contribution < -0.4 is 14.8 Å². The second-order valence-electron chi connectivity index (χ2n) is 7.80. The van der Waals surface area contributed by atoms with Crippen molar-refractivity contribution in [2.45, 2.75) is 17.9 Å². The third-order valence-corrected chi connectivity index (χ3v) is 7.13. The van der Waals surface area contributed by atoms with E-state index in [1.54, 1.807) is 29.2 Å². The Morgan fingerprint density at radius 3 is 2.30 bits per heavy atom. The highest BCUT2D eigenvalue weighted by Crippen LogP contribution is 2.27. The second-order valence-corrected chi connectivity index (χ2v) is 9.92. The summed E-state index contributed by atoms with van der Waals surface area (Å²) < 4.78 is 32.9. The molecule has 2 amide bonds. The van der Waals surface area contributed by atoms with E-state index in [9.17, 15) is 18.0 Å². The average Bonchev–Trinajstić information content (AvgIpc) is 2.79. The lowest BCUT2D eigenvalue weighted by Crippen LogP contribution is -2.47. The van der Waals surface area contributed by atoms with Crippen LogP contribution in [0.1, 0.15) is 17.3 Å². The molecule has 1 saturated heterocycles. The Balaban J connectivity index is 1.63. The van der Waals surface area contributed by atoms with Crippen molar-refractivity contribution in [2.75, 3.05) is 45.7 Å². The number of ether oxygens (including phenoxy) is 1. The van der Waals surface area contributed by atoms with E-state index in [-0.39, 0.29) is 21.6 Å². The highest BCUT2D eigenvalue weighted by atomic mass is 35.5. The van der Waals surface area contributed by atoms with Gasteiger partial charge < -0.3 is 19.9 Å². The van der Waals surface area contributed by atoms with Crippen molar-refractivity contribution in [2.24, 2.45) is 0 Å². The monoisotopic (exact) mass is 494 g/mol. The molecule has 0 aromatic heterocycles. The van der Waals surface area contributed by atoms with Crippen molar-refractivity contribution in [1.29, 1.82) is 0 Å². The molecule has 1 aliphatic heterocycles. The number of methoxy groups -OCH3 is 1. The van der Waals surface area contributed by atoms with Crippen LogP contribution in [0.25, 0.3) is 0 Å². The average molecular weight is 495 g/mol. The van der Waals surface area contributed by atoms with Crippen molar-refractivity contribution in [1.82, 2.24) is 14.5 Å². The van der Waals surface area contributed by atoms with Crippen LogP contribution in [0.4, 0.5) is 5.69 Å². The van der Waals surface area contributed by atoms with E-state index < -0.39 is 22.0 Å². The molecule has 3 rings (SSSR count). The number of anilines is 1. The van der Waals surface area contributed by atoms with Crippen molar-refractivity contribution < 1.29 is 22.7 Å². The number of halogens is 1. The second kappa shape index (κ2) is 10.5. The molecule has 0 spiro atoms. The summed E-state index contributed by atoms with van der Waals surface area (Å²) in [5.74, 6) is -0.504. The summed E-state index contributed by atoms with van der Waals surface area (Å²) in [4.78, 5) is 29.0. The number of nitrogens with zero attached hydrogens (tertiary/aromatic N) is 2. The predicted octanol–water partition coefficient (Wildman–Crippen LogP) is 2.04. The summed E-state index contributed by atoms with van der Waals surface area (Å²) in [5.41, 5.74) is 0.973. The molecule has 178 valence electrons. The van der Waals surface area contributed by atoms with Gasteiger partial charge in [0.15, 0.2) is 0 Å². The van der Waals surface area contributed by atoms with Crippen molar-refractivity contribution in [3.05, 3.63) is 53.1 Å². The van der Waals surface area contributed by atoms with Gasteiger partial charge in [-0.2, -0.15) is 4.72 Å². The van der Waals surface area contributed by atoms with Gasteiger partial charge in [0.2, 0.25) is 15.9 Å². The molecule has 1 atom stereocenters. The van der Waals surface area contributed by atoms with Gasteiger partial charge in [0.25, 0.3) is 5.91 Å². The molecule has 1 unspecified atom stereocenters. The molecule has 9 nitrogen and oxygen atoms in total. The largest absolute Gasteiger partial charge is 0.495 e. The molecule has 2 aromatic carbocycles. The lowest BCUT2D eigenvalue weighted by atomic mass is 10.1. The smallest absolute Gasteiger partial charge is 0.253 e. The topological polar surface area (TPSA) is 108 Å². The van der Waals surface area contributed by atoms with Crippen LogP contribution in [-0.2, 0) is 14.8 Å². The van der Waals surface area contributed by atoms with Crippen LogP contribution in [0.2, 0.25) is 5.02 Å². The maximum Gasteiger partial charge on any atom is 0.253 e. The summed E-state index contributed by atoms with van der Waals surface area (Å²) in [6.45, 7) is 4.42.